The number of pyridine rings is 1. The number of benzene rings is 2. The van der Waals surface area contributed by atoms with Gasteiger partial charge in [-0.1, -0.05) is 12.1 Å². The smallest absolute Gasteiger partial charge is 0.262 e. The summed E-state index contributed by atoms with van der Waals surface area (Å²) < 4.78 is 7.33. The minimum absolute atomic E-state index is 0.0195. The molecule has 0 bridgehead atoms. The summed E-state index contributed by atoms with van der Waals surface area (Å²) in [6.07, 6.45) is 3.31. The van der Waals surface area contributed by atoms with Crippen molar-refractivity contribution in [3.05, 3.63) is 78.8 Å². The Morgan fingerprint density at radius 2 is 1.79 bits per heavy atom. The van der Waals surface area contributed by atoms with Crippen LogP contribution < -0.4 is 10.1 Å². The molecule has 0 unspecified atom stereocenters. The number of para-hydroxylation sites is 2. The largest absolute Gasteiger partial charge is 0.484 e. The maximum Gasteiger partial charge on any atom is 0.262 e. The number of rotatable bonds is 6. The summed E-state index contributed by atoms with van der Waals surface area (Å²) in [6, 6.07) is 18.0. The monoisotopic (exact) mass is 386 g/mol. The van der Waals surface area contributed by atoms with E-state index in [1.165, 1.54) is 6.92 Å². The Morgan fingerprint density at radius 3 is 2.52 bits per heavy atom. The van der Waals surface area contributed by atoms with Crippen LogP contribution in [0.25, 0.3) is 16.9 Å². The van der Waals surface area contributed by atoms with Crippen molar-refractivity contribution in [2.75, 3.05) is 11.9 Å². The maximum absolute atomic E-state index is 12.1. The van der Waals surface area contributed by atoms with Crippen LogP contribution in [0.5, 0.6) is 5.75 Å². The van der Waals surface area contributed by atoms with E-state index < -0.39 is 0 Å². The van der Waals surface area contributed by atoms with E-state index in [1.54, 1.807) is 42.9 Å². The fraction of sp³-hybridized carbons (Fsp3) is 0.0909. The van der Waals surface area contributed by atoms with Crippen LogP contribution in [0.15, 0.2) is 73.2 Å². The van der Waals surface area contributed by atoms with Gasteiger partial charge in [-0.2, -0.15) is 0 Å². The second-order valence-corrected chi connectivity index (χ2v) is 6.43. The first-order valence-electron chi connectivity index (χ1n) is 9.02. The third-order valence-electron chi connectivity index (χ3n) is 4.36. The van der Waals surface area contributed by atoms with Gasteiger partial charge in [0.1, 0.15) is 17.9 Å². The third kappa shape index (κ3) is 4.14. The molecule has 1 N–H and O–H groups in total. The lowest BCUT2D eigenvalue weighted by molar-refractivity contribution is -0.118. The van der Waals surface area contributed by atoms with E-state index in [2.05, 4.69) is 15.3 Å². The Bertz CT molecular complexity index is 1160. The molecule has 0 radical (unpaired) electrons. The minimum atomic E-state index is -0.303. The van der Waals surface area contributed by atoms with Crippen LogP contribution in [0.1, 0.15) is 17.3 Å². The number of anilines is 1. The van der Waals surface area contributed by atoms with Gasteiger partial charge in [0.05, 0.1) is 22.9 Å². The van der Waals surface area contributed by atoms with Crippen LogP contribution in [-0.4, -0.2) is 32.8 Å². The number of hydrogen-bond acceptors (Lipinski definition) is 5. The Labute approximate surface area is 167 Å². The Morgan fingerprint density at radius 1 is 1.00 bits per heavy atom. The average Bonchev–Trinajstić information content (AvgIpc) is 3.17. The SMILES string of the molecule is CC(=O)c1ccc(OCC(=O)Nc2ccc(-n3cnc4ccccc43)nc2)cc1. The number of carbonyl (C=O) groups excluding carboxylic acids is 2. The molecule has 7 heteroatoms. The maximum atomic E-state index is 12.1. The predicted octanol–water partition coefficient (Wildman–Crippen LogP) is 3.64. The number of amides is 1. The van der Waals surface area contributed by atoms with Gasteiger partial charge in [-0.3, -0.25) is 14.2 Å². The quantitative estimate of drug-likeness (QED) is 0.511. The lowest BCUT2D eigenvalue weighted by atomic mass is 10.1. The molecular weight excluding hydrogens is 368 g/mol. The zero-order valence-corrected chi connectivity index (χ0v) is 15.7. The summed E-state index contributed by atoms with van der Waals surface area (Å²) in [7, 11) is 0. The number of hydrogen-bond donors (Lipinski definition) is 1. The number of fused-ring (bicyclic) bond motifs is 1. The van der Waals surface area contributed by atoms with Gasteiger partial charge >= 0.3 is 0 Å². The predicted molar refractivity (Wildman–Crippen MR) is 109 cm³/mol. The number of Topliss-reactive ketones (excluding diaryl/α,β-unsaturated/α-hetero) is 1. The summed E-state index contributed by atoms with van der Waals surface area (Å²) in [5.74, 6) is 0.904. The summed E-state index contributed by atoms with van der Waals surface area (Å²) >= 11 is 0. The molecular formula is C22H18N4O3. The number of ketones is 1. The van der Waals surface area contributed by atoms with Gasteiger partial charge in [0, 0.05) is 5.56 Å². The molecule has 29 heavy (non-hydrogen) atoms. The topological polar surface area (TPSA) is 86.1 Å². The number of imidazole rings is 1. The van der Waals surface area contributed by atoms with Gasteiger partial charge in [0.25, 0.3) is 5.91 Å². The van der Waals surface area contributed by atoms with Crippen LogP contribution in [0.3, 0.4) is 0 Å². The number of nitrogens with one attached hydrogen (secondary N) is 1. The number of ether oxygens (including phenoxy) is 1. The van der Waals surface area contributed by atoms with E-state index in [9.17, 15) is 9.59 Å². The van der Waals surface area contributed by atoms with Crippen LogP contribution in [0.4, 0.5) is 5.69 Å². The first kappa shape index (κ1) is 18.4. The summed E-state index contributed by atoms with van der Waals surface area (Å²) in [5, 5.41) is 2.75. The first-order chi connectivity index (χ1) is 14.1. The second kappa shape index (κ2) is 7.93. The average molecular weight is 386 g/mol. The van der Waals surface area contributed by atoms with Crippen molar-refractivity contribution in [1.29, 1.82) is 0 Å². The summed E-state index contributed by atoms with van der Waals surface area (Å²) in [4.78, 5) is 32.1. The van der Waals surface area contributed by atoms with E-state index in [1.807, 2.05) is 34.9 Å². The van der Waals surface area contributed by atoms with E-state index in [-0.39, 0.29) is 18.3 Å². The van der Waals surface area contributed by atoms with Crippen LogP contribution in [0.2, 0.25) is 0 Å². The Hall–Kier alpha value is -4.00. The molecule has 0 aliphatic heterocycles. The summed E-state index contributed by atoms with van der Waals surface area (Å²) in [5.41, 5.74) is 3.01. The zero-order chi connectivity index (χ0) is 20.2. The second-order valence-electron chi connectivity index (χ2n) is 6.43. The highest BCUT2D eigenvalue weighted by Crippen LogP contribution is 2.18. The van der Waals surface area contributed by atoms with Crippen molar-refractivity contribution in [3.8, 4) is 11.6 Å². The van der Waals surface area contributed by atoms with Gasteiger partial charge in [0.2, 0.25) is 0 Å². The Balaban J connectivity index is 1.37. The number of nitrogens with zero attached hydrogens (tertiary/aromatic N) is 3. The normalized spacial score (nSPS) is 10.7. The molecule has 4 aromatic rings. The number of carbonyl (C=O) groups is 2. The molecule has 2 aromatic heterocycles. The van der Waals surface area contributed by atoms with Crippen molar-refractivity contribution in [1.82, 2.24) is 14.5 Å². The first-order valence-corrected chi connectivity index (χ1v) is 9.02. The van der Waals surface area contributed by atoms with E-state index in [0.29, 0.717) is 22.8 Å². The van der Waals surface area contributed by atoms with Crippen molar-refractivity contribution in [3.63, 3.8) is 0 Å². The van der Waals surface area contributed by atoms with Gasteiger partial charge < -0.3 is 10.1 Å². The number of aromatic nitrogens is 3. The van der Waals surface area contributed by atoms with Crippen molar-refractivity contribution >= 4 is 28.4 Å². The molecule has 1 amide bonds. The highest BCUT2D eigenvalue weighted by molar-refractivity contribution is 5.94. The molecule has 0 saturated carbocycles. The molecule has 4 rings (SSSR count). The Kier molecular flexibility index (Phi) is 5.03. The van der Waals surface area contributed by atoms with Gasteiger partial charge in [-0.15, -0.1) is 0 Å². The fourth-order valence-corrected chi connectivity index (χ4v) is 2.88. The third-order valence-corrected chi connectivity index (χ3v) is 4.36. The van der Waals surface area contributed by atoms with Crippen molar-refractivity contribution in [2.24, 2.45) is 0 Å². The zero-order valence-electron chi connectivity index (χ0n) is 15.7. The molecule has 0 aliphatic rings. The molecule has 7 nitrogen and oxygen atoms in total. The van der Waals surface area contributed by atoms with Crippen LogP contribution in [0, 0.1) is 0 Å². The van der Waals surface area contributed by atoms with Gasteiger partial charge in [-0.05, 0) is 55.5 Å². The molecule has 0 spiro atoms. The van der Waals surface area contributed by atoms with E-state index >= 15 is 0 Å². The molecule has 0 atom stereocenters. The van der Waals surface area contributed by atoms with Crippen LogP contribution in [-0.2, 0) is 4.79 Å². The van der Waals surface area contributed by atoms with E-state index in [4.69, 9.17) is 4.74 Å². The highest BCUT2D eigenvalue weighted by Gasteiger charge is 2.08. The van der Waals surface area contributed by atoms with Crippen molar-refractivity contribution in [2.45, 2.75) is 6.92 Å². The molecule has 0 fully saturated rings. The van der Waals surface area contributed by atoms with Gasteiger partial charge in [-0.25, -0.2) is 9.97 Å². The molecule has 2 heterocycles. The minimum Gasteiger partial charge on any atom is -0.484 e. The van der Waals surface area contributed by atoms with E-state index in [0.717, 1.165) is 11.0 Å². The van der Waals surface area contributed by atoms with Gasteiger partial charge in [0.15, 0.2) is 12.4 Å². The standard InChI is InChI=1S/C22H18N4O3/c1-15(27)16-6-9-18(10-7-16)29-13-22(28)25-17-8-11-21(23-12-17)26-14-24-19-4-2-3-5-20(19)26/h2-12,14H,13H2,1H3,(H,25,28). The lowest BCUT2D eigenvalue weighted by Gasteiger charge is -2.09. The molecule has 0 saturated heterocycles. The summed E-state index contributed by atoms with van der Waals surface area (Å²) in [6.45, 7) is 1.35. The molecule has 2 aromatic carbocycles. The van der Waals surface area contributed by atoms with Crippen molar-refractivity contribution < 1.29 is 14.3 Å². The molecule has 0 aliphatic carbocycles. The fourth-order valence-electron chi connectivity index (χ4n) is 2.88. The molecule has 144 valence electrons. The lowest BCUT2D eigenvalue weighted by Crippen LogP contribution is -2.20. The van der Waals surface area contributed by atoms with Crippen LogP contribution >= 0.6 is 0 Å². The highest BCUT2D eigenvalue weighted by atomic mass is 16.5.